The van der Waals surface area contributed by atoms with Gasteiger partial charge in [-0.2, -0.15) is 0 Å². The summed E-state index contributed by atoms with van der Waals surface area (Å²) in [6, 6.07) is 9.41. The highest BCUT2D eigenvalue weighted by atomic mass is 16.5. The SMILES string of the molecule is CC(=O)c1cccc(-c2ccnc3c2CC(C(=O)NC(C)C)O3)c1. The standard InChI is InChI=1S/C19H20N2O3/c1-11(2)21-18(23)17-10-16-15(7-8-20-19(16)24-17)14-6-4-5-13(9-14)12(3)22/h4-9,11,17H,10H2,1-3H3,(H,21,23). The molecule has 1 atom stereocenters. The van der Waals surface area contributed by atoms with Crippen molar-refractivity contribution in [2.45, 2.75) is 39.3 Å². The number of pyridine rings is 1. The summed E-state index contributed by atoms with van der Waals surface area (Å²) in [5.41, 5.74) is 3.44. The van der Waals surface area contributed by atoms with Gasteiger partial charge < -0.3 is 10.1 Å². The molecule has 2 heterocycles. The molecule has 0 radical (unpaired) electrons. The number of nitrogens with zero attached hydrogens (tertiary/aromatic N) is 1. The van der Waals surface area contributed by atoms with Crippen molar-refractivity contribution in [3.63, 3.8) is 0 Å². The number of amides is 1. The zero-order valence-corrected chi connectivity index (χ0v) is 14.0. The molecular formula is C19H20N2O3. The van der Waals surface area contributed by atoms with Gasteiger partial charge in [0.2, 0.25) is 5.88 Å². The fourth-order valence-corrected chi connectivity index (χ4v) is 2.83. The van der Waals surface area contributed by atoms with Crippen molar-refractivity contribution in [2.75, 3.05) is 0 Å². The van der Waals surface area contributed by atoms with Crippen LogP contribution in [0.2, 0.25) is 0 Å². The summed E-state index contributed by atoms with van der Waals surface area (Å²) in [5.74, 6) is 0.379. The van der Waals surface area contributed by atoms with Gasteiger partial charge in [0.15, 0.2) is 11.9 Å². The lowest BCUT2D eigenvalue weighted by Gasteiger charge is -2.12. The molecule has 1 aromatic carbocycles. The number of nitrogens with one attached hydrogen (secondary N) is 1. The first-order valence-electron chi connectivity index (χ1n) is 8.02. The molecule has 0 saturated heterocycles. The highest BCUT2D eigenvalue weighted by molar-refractivity contribution is 5.95. The molecule has 0 saturated carbocycles. The lowest BCUT2D eigenvalue weighted by Crippen LogP contribution is -2.40. The number of ether oxygens (including phenoxy) is 1. The first-order valence-corrected chi connectivity index (χ1v) is 8.02. The van der Waals surface area contributed by atoms with E-state index in [-0.39, 0.29) is 17.7 Å². The van der Waals surface area contributed by atoms with Crippen molar-refractivity contribution in [3.8, 4) is 17.0 Å². The fourth-order valence-electron chi connectivity index (χ4n) is 2.83. The van der Waals surface area contributed by atoms with E-state index < -0.39 is 6.10 Å². The molecule has 5 heteroatoms. The predicted octanol–water partition coefficient (Wildman–Crippen LogP) is 2.78. The third-order valence-electron chi connectivity index (χ3n) is 3.96. The van der Waals surface area contributed by atoms with Crippen LogP contribution in [0.4, 0.5) is 0 Å². The molecule has 5 nitrogen and oxygen atoms in total. The Bertz CT molecular complexity index is 799. The van der Waals surface area contributed by atoms with Crippen LogP contribution in [-0.2, 0) is 11.2 Å². The average Bonchev–Trinajstić information content (AvgIpc) is 2.98. The van der Waals surface area contributed by atoms with Gasteiger partial charge in [0.25, 0.3) is 5.91 Å². The zero-order valence-electron chi connectivity index (χ0n) is 14.0. The van der Waals surface area contributed by atoms with E-state index in [1.54, 1.807) is 19.2 Å². The molecular weight excluding hydrogens is 304 g/mol. The van der Waals surface area contributed by atoms with Crippen molar-refractivity contribution in [3.05, 3.63) is 47.7 Å². The van der Waals surface area contributed by atoms with Gasteiger partial charge in [-0.15, -0.1) is 0 Å². The lowest BCUT2D eigenvalue weighted by molar-refractivity contribution is -0.127. The molecule has 1 unspecified atom stereocenters. The molecule has 124 valence electrons. The number of carbonyl (C=O) groups is 2. The van der Waals surface area contributed by atoms with Gasteiger partial charge >= 0.3 is 0 Å². The van der Waals surface area contributed by atoms with Gasteiger partial charge in [0.05, 0.1) is 0 Å². The molecule has 0 fully saturated rings. The monoisotopic (exact) mass is 324 g/mol. The highest BCUT2D eigenvalue weighted by Gasteiger charge is 2.32. The average molecular weight is 324 g/mol. The molecule has 1 N–H and O–H groups in total. The molecule has 1 amide bonds. The summed E-state index contributed by atoms with van der Waals surface area (Å²) < 4.78 is 5.72. The lowest BCUT2D eigenvalue weighted by atomic mass is 9.96. The summed E-state index contributed by atoms with van der Waals surface area (Å²) in [6.45, 7) is 5.37. The van der Waals surface area contributed by atoms with Crippen LogP contribution >= 0.6 is 0 Å². The largest absolute Gasteiger partial charge is 0.464 e. The number of benzene rings is 1. The smallest absolute Gasteiger partial charge is 0.261 e. The number of hydrogen-bond acceptors (Lipinski definition) is 4. The molecule has 1 aliphatic heterocycles. The maximum atomic E-state index is 12.2. The van der Waals surface area contributed by atoms with Crippen molar-refractivity contribution >= 4 is 11.7 Å². The van der Waals surface area contributed by atoms with Gasteiger partial charge in [-0.05, 0) is 44.0 Å². The first kappa shape index (κ1) is 16.2. The summed E-state index contributed by atoms with van der Waals surface area (Å²) in [7, 11) is 0. The minimum atomic E-state index is -0.563. The van der Waals surface area contributed by atoms with Gasteiger partial charge in [0.1, 0.15) is 0 Å². The van der Waals surface area contributed by atoms with E-state index in [0.717, 1.165) is 16.7 Å². The number of Topliss-reactive ketones (excluding diaryl/α,β-unsaturated/α-hetero) is 1. The minimum absolute atomic E-state index is 0.0213. The van der Waals surface area contributed by atoms with Crippen LogP contribution in [0.5, 0.6) is 5.88 Å². The van der Waals surface area contributed by atoms with Crippen molar-refractivity contribution in [1.29, 1.82) is 0 Å². The Balaban J connectivity index is 1.93. The number of fused-ring (bicyclic) bond motifs is 1. The number of hydrogen-bond donors (Lipinski definition) is 1. The van der Waals surface area contributed by atoms with E-state index in [0.29, 0.717) is 17.9 Å². The van der Waals surface area contributed by atoms with E-state index in [1.165, 1.54) is 0 Å². The molecule has 1 aromatic heterocycles. The van der Waals surface area contributed by atoms with Crippen LogP contribution in [0, 0.1) is 0 Å². The van der Waals surface area contributed by atoms with Crippen LogP contribution in [-0.4, -0.2) is 28.8 Å². The third kappa shape index (κ3) is 3.15. The first-order chi connectivity index (χ1) is 11.5. The zero-order chi connectivity index (χ0) is 17.3. The van der Waals surface area contributed by atoms with Gasteiger partial charge in [-0.1, -0.05) is 18.2 Å². The number of ketones is 1. The maximum Gasteiger partial charge on any atom is 0.261 e. The summed E-state index contributed by atoms with van der Waals surface area (Å²) in [6.07, 6.45) is 1.57. The molecule has 0 bridgehead atoms. The Morgan fingerprint density at radius 1 is 1.29 bits per heavy atom. The van der Waals surface area contributed by atoms with Gasteiger partial charge in [-0.25, -0.2) is 4.98 Å². The van der Waals surface area contributed by atoms with Crippen LogP contribution in [0.25, 0.3) is 11.1 Å². The van der Waals surface area contributed by atoms with Crippen LogP contribution in [0.3, 0.4) is 0 Å². The topological polar surface area (TPSA) is 68.3 Å². The molecule has 0 aliphatic carbocycles. The van der Waals surface area contributed by atoms with E-state index in [1.807, 2.05) is 38.1 Å². The van der Waals surface area contributed by atoms with Crippen molar-refractivity contribution in [2.24, 2.45) is 0 Å². The minimum Gasteiger partial charge on any atom is -0.464 e. The van der Waals surface area contributed by atoms with Gasteiger partial charge in [-0.3, -0.25) is 9.59 Å². The van der Waals surface area contributed by atoms with E-state index in [4.69, 9.17) is 4.74 Å². The second kappa shape index (κ2) is 6.43. The number of aromatic nitrogens is 1. The molecule has 24 heavy (non-hydrogen) atoms. The predicted molar refractivity (Wildman–Crippen MR) is 91.1 cm³/mol. The molecule has 1 aliphatic rings. The Morgan fingerprint density at radius 2 is 2.08 bits per heavy atom. The van der Waals surface area contributed by atoms with Crippen LogP contribution in [0.15, 0.2) is 36.5 Å². The number of rotatable bonds is 4. The van der Waals surface area contributed by atoms with Crippen LogP contribution < -0.4 is 10.1 Å². The van der Waals surface area contributed by atoms with E-state index >= 15 is 0 Å². The molecule has 0 spiro atoms. The second-order valence-electron chi connectivity index (χ2n) is 6.25. The Morgan fingerprint density at radius 3 is 2.79 bits per heavy atom. The fraction of sp³-hybridized carbons (Fsp3) is 0.316. The van der Waals surface area contributed by atoms with E-state index in [2.05, 4.69) is 10.3 Å². The highest BCUT2D eigenvalue weighted by Crippen LogP contribution is 2.35. The Labute approximate surface area is 141 Å². The van der Waals surface area contributed by atoms with Gasteiger partial charge in [0, 0.05) is 29.8 Å². The molecule has 2 aromatic rings. The summed E-state index contributed by atoms with van der Waals surface area (Å²) in [4.78, 5) is 28.1. The normalized spacial score (nSPS) is 15.8. The third-order valence-corrected chi connectivity index (χ3v) is 3.96. The van der Waals surface area contributed by atoms with Crippen molar-refractivity contribution in [1.82, 2.24) is 10.3 Å². The Kier molecular flexibility index (Phi) is 4.34. The molecule has 3 rings (SSSR count). The number of carbonyl (C=O) groups excluding carboxylic acids is 2. The Hall–Kier alpha value is -2.69. The second-order valence-corrected chi connectivity index (χ2v) is 6.25. The maximum absolute atomic E-state index is 12.2. The van der Waals surface area contributed by atoms with E-state index in [9.17, 15) is 9.59 Å². The quantitative estimate of drug-likeness (QED) is 0.878. The summed E-state index contributed by atoms with van der Waals surface area (Å²) >= 11 is 0. The summed E-state index contributed by atoms with van der Waals surface area (Å²) in [5, 5.41) is 2.87. The van der Waals surface area contributed by atoms with Crippen LogP contribution in [0.1, 0.15) is 36.7 Å². The van der Waals surface area contributed by atoms with Crippen molar-refractivity contribution < 1.29 is 14.3 Å².